The highest BCUT2D eigenvalue weighted by atomic mass is 35.5. The Kier molecular flexibility index (Phi) is 5.17. The van der Waals surface area contributed by atoms with Crippen LogP contribution in [0.1, 0.15) is 29.9 Å². The summed E-state index contributed by atoms with van der Waals surface area (Å²) in [5, 5.41) is 0.556. The van der Waals surface area contributed by atoms with Crippen LogP contribution in [-0.4, -0.2) is 39.6 Å². The van der Waals surface area contributed by atoms with Gasteiger partial charge in [0.25, 0.3) is 0 Å². The molecule has 3 aliphatic rings. The minimum atomic E-state index is -0.237. The Balaban J connectivity index is 1.23. The molecule has 0 spiro atoms. The number of aromatic nitrogens is 4. The predicted molar refractivity (Wildman–Crippen MR) is 127 cm³/mol. The number of anilines is 3. The van der Waals surface area contributed by atoms with E-state index in [1.165, 1.54) is 25.0 Å². The molecule has 2 aromatic heterocycles. The lowest BCUT2D eigenvalue weighted by atomic mass is 9.82. The number of nitrogens with zero attached hydrogens (tertiary/aromatic N) is 6. The Morgan fingerprint density at radius 3 is 2.55 bits per heavy atom. The quantitative estimate of drug-likeness (QED) is 0.518. The molecule has 1 saturated carbocycles. The van der Waals surface area contributed by atoms with Gasteiger partial charge < -0.3 is 9.80 Å². The van der Waals surface area contributed by atoms with Crippen LogP contribution >= 0.6 is 11.6 Å². The summed E-state index contributed by atoms with van der Waals surface area (Å²) in [6.07, 6.45) is 5.77. The summed E-state index contributed by atoms with van der Waals surface area (Å²) in [6, 6.07) is 8.65. The second-order valence-corrected chi connectivity index (χ2v) is 9.86. The van der Waals surface area contributed by atoms with E-state index in [2.05, 4.69) is 25.8 Å². The molecule has 1 aliphatic carbocycles. The highest BCUT2D eigenvalue weighted by molar-refractivity contribution is 6.30. The summed E-state index contributed by atoms with van der Waals surface area (Å²) in [5.41, 5.74) is 2.92. The molecule has 1 saturated heterocycles. The fourth-order valence-corrected chi connectivity index (χ4v) is 6.18. The zero-order valence-corrected chi connectivity index (χ0v) is 19.3. The van der Waals surface area contributed by atoms with Crippen molar-refractivity contribution in [2.75, 3.05) is 29.4 Å². The Morgan fingerprint density at radius 1 is 1.06 bits per heavy atom. The fourth-order valence-electron chi connectivity index (χ4n) is 5.90. The van der Waals surface area contributed by atoms with E-state index >= 15 is 0 Å². The number of aryl methyl sites for hydroxylation is 1. The van der Waals surface area contributed by atoms with E-state index in [1.807, 2.05) is 6.92 Å². The molecule has 1 aromatic carbocycles. The van der Waals surface area contributed by atoms with Crippen molar-refractivity contribution in [2.24, 2.45) is 17.8 Å². The molecule has 6 rings (SSSR count). The topological polar surface area (TPSA) is 58.0 Å². The van der Waals surface area contributed by atoms with Gasteiger partial charge >= 0.3 is 0 Å². The van der Waals surface area contributed by atoms with Crippen LogP contribution in [0.4, 0.5) is 21.7 Å². The molecule has 8 heteroatoms. The third-order valence-corrected chi connectivity index (χ3v) is 7.83. The number of piperidine rings is 1. The lowest BCUT2D eigenvalue weighted by Crippen LogP contribution is -2.43. The van der Waals surface area contributed by atoms with Crippen LogP contribution in [-0.2, 0) is 12.8 Å². The fraction of sp³-hybridized carbons (Fsp3) is 0.440. The zero-order valence-electron chi connectivity index (χ0n) is 18.6. The van der Waals surface area contributed by atoms with Crippen LogP contribution in [0.3, 0.4) is 0 Å². The molecular formula is C25H26ClFN6. The summed E-state index contributed by atoms with van der Waals surface area (Å²) >= 11 is 6.62. The Morgan fingerprint density at radius 2 is 1.82 bits per heavy atom. The van der Waals surface area contributed by atoms with Crippen molar-refractivity contribution in [3.63, 3.8) is 0 Å². The van der Waals surface area contributed by atoms with Crippen LogP contribution in [0.25, 0.3) is 0 Å². The summed E-state index contributed by atoms with van der Waals surface area (Å²) in [4.78, 5) is 23.0. The third-order valence-electron chi connectivity index (χ3n) is 7.52. The van der Waals surface area contributed by atoms with Gasteiger partial charge in [-0.25, -0.2) is 24.3 Å². The Labute approximate surface area is 197 Å². The van der Waals surface area contributed by atoms with E-state index in [9.17, 15) is 4.39 Å². The van der Waals surface area contributed by atoms with Gasteiger partial charge in [-0.05, 0) is 68.2 Å². The average Bonchev–Trinajstić information content (AvgIpc) is 3.31. The number of hydrogen-bond acceptors (Lipinski definition) is 6. The summed E-state index contributed by atoms with van der Waals surface area (Å²) in [6.45, 7) is 4.81. The van der Waals surface area contributed by atoms with E-state index in [4.69, 9.17) is 21.6 Å². The summed E-state index contributed by atoms with van der Waals surface area (Å²) in [5.74, 6) is 4.24. The minimum absolute atomic E-state index is 0.237. The zero-order chi connectivity index (χ0) is 22.5. The van der Waals surface area contributed by atoms with Crippen molar-refractivity contribution in [2.45, 2.75) is 32.6 Å². The van der Waals surface area contributed by atoms with Gasteiger partial charge in [-0.2, -0.15) is 0 Å². The van der Waals surface area contributed by atoms with Crippen molar-refractivity contribution in [3.8, 4) is 0 Å². The van der Waals surface area contributed by atoms with E-state index in [-0.39, 0.29) is 5.82 Å². The number of rotatable bonds is 4. The molecule has 4 heterocycles. The van der Waals surface area contributed by atoms with Crippen LogP contribution in [0.15, 0.2) is 36.7 Å². The maximum absolute atomic E-state index is 13.4. The van der Waals surface area contributed by atoms with Crippen molar-refractivity contribution >= 4 is 28.9 Å². The largest absolute Gasteiger partial charge is 0.356 e. The third kappa shape index (κ3) is 3.82. The highest BCUT2D eigenvalue weighted by Crippen LogP contribution is 2.45. The molecule has 6 nitrogen and oxygen atoms in total. The molecule has 0 amide bonds. The first-order valence-electron chi connectivity index (χ1n) is 11.7. The molecule has 2 atom stereocenters. The molecule has 170 valence electrons. The number of halogens is 2. The van der Waals surface area contributed by atoms with Crippen LogP contribution < -0.4 is 9.80 Å². The molecule has 2 fully saturated rings. The molecule has 2 unspecified atom stereocenters. The van der Waals surface area contributed by atoms with Crippen molar-refractivity contribution in [3.05, 3.63) is 64.7 Å². The molecular weight excluding hydrogens is 439 g/mol. The maximum atomic E-state index is 13.4. The van der Waals surface area contributed by atoms with Gasteiger partial charge in [-0.3, -0.25) is 0 Å². The number of fused-ring (bicyclic) bond motifs is 3. The smallest absolute Gasteiger partial charge is 0.141 e. The Hall–Kier alpha value is -2.80. The maximum Gasteiger partial charge on any atom is 0.141 e. The van der Waals surface area contributed by atoms with E-state index in [0.717, 1.165) is 66.9 Å². The standard InChI is InChI=1S/C25H26ClFN6/c1-15-10-23(29-14-28-15)32-12-16-2-3-17(13-32)21(16)11-22-30-24(26)20-8-9-33(25(20)31-22)19-6-4-18(27)5-7-19/h4-7,10,14,16-17,21H,2-3,8-9,11-13H2,1H3. The van der Waals surface area contributed by atoms with E-state index in [1.54, 1.807) is 18.5 Å². The molecule has 3 aromatic rings. The average molecular weight is 465 g/mol. The lowest BCUT2D eigenvalue weighted by Gasteiger charge is -2.38. The van der Waals surface area contributed by atoms with E-state index in [0.29, 0.717) is 22.9 Å². The molecule has 0 radical (unpaired) electrons. The second-order valence-electron chi connectivity index (χ2n) is 9.50. The van der Waals surface area contributed by atoms with Gasteiger partial charge in [-0.15, -0.1) is 0 Å². The van der Waals surface area contributed by atoms with E-state index < -0.39 is 0 Å². The van der Waals surface area contributed by atoms with Gasteiger partial charge in [-0.1, -0.05) is 11.6 Å². The van der Waals surface area contributed by atoms with Crippen molar-refractivity contribution < 1.29 is 4.39 Å². The normalized spacial score (nSPS) is 23.8. The van der Waals surface area contributed by atoms with Gasteiger partial charge in [0.05, 0.1) is 0 Å². The van der Waals surface area contributed by atoms with Crippen LogP contribution in [0.5, 0.6) is 0 Å². The summed E-state index contributed by atoms with van der Waals surface area (Å²) < 4.78 is 13.4. The number of hydrogen-bond donors (Lipinski definition) is 0. The minimum Gasteiger partial charge on any atom is -0.356 e. The Bertz CT molecular complexity index is 1170. The number of benzene rings is 1. The molecule has 0 N–H and O–H groups in total. The van der Waals surface area contributed by atoms with Gasteiger partial charge in [0.1, 0.15) is 34.8 Å². The molecule has 2 bridgehead atoms. The van der Waals surface area contributed by atoms with Crippen molar-refractivity contribution in [1.29, 1.82) is 0 Å². The van der Waals surface area contributed by atoms with Crippen molar-refractivity contribution in [1.82, 2.24) is 19.9 Å². The first kappa shape index (κ1) is 20.8. The lowest BCUT2D eigenvalue weighted by molar-refractivity contribution is 0.265. The highest BCUT2D eigenvalue weighted by Gasteiger charge is 2.43. The second kappa shape index (κ2) is 8.20. The van der Waals surface area contributed by atoms with Gasteiger partial charge in [0, 0.05) is 49.1 Å². The summed E-state index contributed by atoms with van der Waals surface area (Å²) in [7, 11) is 0. The SMILES string of the molecule is Cc1cc(N2CC3CCC(C2)C3Cc2nc(Cl)c3c(n2)N(c2ccc(F)cc2)CC3)ncn1. The molecule has 2 aliphatic heterocycles. The predicted octanol–water partition coefficient (Wildman–Crippen LogP) is 4.77. The monoisotopic (exact) mass is 464 g/mol. The first-order chi connectivity index (χ1) is 16.0. The van der Waals surface area contributed by atoms with Gasteiger partial charge in [0.15, 0.2) is 0 Å². The molecule has 33 heavy (non-hydrogen) atoms. The van der Waals surface area contributed by atoms with Crippen LogP contribution in [0, 0.1) is 30.5 Å². The first-order valence-corrected chi connectivity index (χ1v) is 12.0. The van der Waals surface area contributed by atoms with Gasteiger partial charge in [0.2, 0.25) is 0 Å². The van der Waals surface area contributed by atoms with Crippen LogP contribution in [0.2, 0.25) is 5.15 Å².